The predicted molar refractivity (Wildman–Crippen MR) is 150 cm³/mol. The summed E-state index contributed by atoms with van der Waals surface area (Å²) in [6.07, 6.45) is -0.547. The van der Waals surface area contributed by atoms with E-state index in [2.05, 4.69) is 28.2 Å². The molecule has 0 aliphatic carbocycles. The van der Waals surface area contributed by atoms with Crippen LogP contribution in [0.3, 0.4) is 0 Å². The van der Waals surface area contributed by atoms with Gasteiger partial charge >= 0.3 is 11.8 Å². The second-order valence-electron chi connectivity index (χ2n) is 11.0. The van der Waals surface area contributed by atoms with Crippen LogP contribution in [0, 0.1) is 23.2 Å². The van der Waals surface area contributed by atoms with E-state index in [1.807, 2.05) is 13.8 Å². The molecule has 11 nitrogen and oxygen atoms in total. The summed E-state index contributed by atoms with van der Waals surface area (Å²) in [4.78, 5) is 45.9. The van der Waals surface area contributed by atoms with Crippen molar-refractivity contribution in [2.24, 2.45) is 7.05 Å². The standard InChI is InChI=1S/C28H35N7O4/c1-9-10-15-34-21-22(30-24(34)32(7)18-28(5,6)31-25(37)39-27(2,3)4)33(8)26(38)35(23(21)36)17-20-14-12-11-13-19(20)16-29/h11-14H,15,17-18H2,1-8H3,(H,31,37). The van der Waals surface area contributed by atoms with Crippen LogP contribution in [0.5, 0.6) is 0 Å². The van der Waals surface area contributed by atoms with Gasteiger partial charge in [0.25, 0.3) is 5.56 Å². The highest BCUT2D eigenvalue weighted by atomic mass is 16.6. The highest BCUT2D eigenvalue weighted by molar-refractivity contribution is 5.75. The molecule has 0 aliphatic heterocycles. The van der Waals surface area contributed by atoms with Crippen LogP contribution in [0.2, 0.25) is 0 Å². The van der Waals surface area contributed by atoms with Gasteiger partial charge in [0.2, 0.25) is 5.95 Å². The molecule has 0 saturated heterocycles. The number of nitriles is 1. The van der Waals surface area contributed by atoms with E-state index in [1.54, 1.807) is 75.5 Å². The first-order chi connectivity index (χ1) is 18.2. The Bertz CT molecular complexity index is 1620. The molecule has 2 aromatic heterocycles. The molecule has 0 radical (unpaired) electrons. The molecular formula is C28H35N7O4. The maximum absolute atomic E-state index is 13.8. The lowest BCUT2D eigenvalue weighted by Gasteiger charge is -2.32. The van der Waals surface area contributed by atoms with E-state index < -0.39 is 28.5 Å². The van der Waals surface area contributed by atoms with Crippen LogP contribution in [-0.2, 0) is 24.9 Å². The quantitative estimate of drug-likeness (QED) is 0.463. The monoisotopic (exact) mass is 533 g/mol. The van der Waals surface area contributed by atoms with E-state index in [-0.39, 0.29) is 24.3 Å². The molecule has 0 aliphatic rings. The van der Waals surface area contributed by atoms with Gasteiger partial charge in [-0.15, -0.1) is 5.92 Å². The van der Waals surface area contributed by atoms with Crippen molar-refractivity contribution in [3.63, 3.8) is 0 Å². The van der Waals surface area contributed by atoms with Crippen LogP contribution in [0.4, 0.5) is 10.7 Å². The Hall–Kier alpha value is -4.51. The highest BCUT2D eigenvalue weighted by Gasteiger charge is 2.29. The normalized spacial score (nSPS) is 11.5. The number of benzene rings is 1. The fourth-order valence-corrected chi connectivity index (χ4v) is 4.32. The number of imidazole rings is 1. The third-order valence-corrected chi connectivity index (χ3v) is 5.91. The van der Waals surface area contributed by atoms with Gasteiger partial charge in [-0.3, -0.25) is 18.5 Å². The first kappa shape index (κ1) is 29.1. The third-order valence-electron chi connectivity index (χ3n) is 5.91. The maximum atomic E-state index is 13.8. The Morgan fingerprint density at radius 1 is 1.15 bits per heavy atom. The van der Waals surface area contributed by atoms with Gasteiger partial charge in [-0.25, -0.2) is 9.59 Å². The zero-order valence-corrected chi connectivity index (χ0v) is 23.7. The summed E-state index contributed by atoms with van der Waals surface area (Å²) in [6.45, 7) is 11.2. The minimum absolute atomic E-state index is 0.0617. The number of nitrogens with one attached hydrogen (secondary N) is 1. The number of carbonyl (C=O) groups is 1. The minimum Gasteiger partial charge on any atom is -0.444 e. The molecule has 0 bridgehead atoms. The van der Waals surface area contributed by atoms with Gasteiger partial charge in [0.1, 0.15) is 5.60 Å². The van der Waals surface area contributed by atoms with Gasteiger partial charge in [-0.1, -0.05) is 24.1 Å². The number of likely N-dealkylation sites (N-methyl/N-ethyl adjacent to an activating group) is 1. The maximum Gasteiger partial charge on any atom is 0.408 e. The van der Waals surface area contributed by atoms with Crippen LogP contribution in [0.25, 0.3) is 11.2 Å². The summed E-state index contributed by atoms with van der Waals surface area (Å²) in [5.41, 5.74) is -1.07. The Kier molecular flexibility index (Phi) is 8.25. The number of carbonyl (C=O) groups excluding carboxylic acids is 1. The number of nitrogens with zero attached hydrogens (tertiary/aromatic N) is 6. The first-order valence-electron chi connectivity index (χ1n) is 12.5. The topological polar surface area (TPSA) is 127 Å². The molecule has 1 N–H and O–H groups in total. The number of aromatic nitrogens is 4. The van der Waals surface area contributed by atoms with E-state index in [1.165, 1.54) is 4.57 Å². The smallest absolute Gasteiger partial charge is 0.408 e. The summed E-state index contributed by atoms with van der Waals surface area (Å²) >= 11 is 0. The van der Waals surface area contributed by atoms with Crippen molar-refractivity contribution in [3.8, 4) is 17.9 Å². The number of fused-ring (bicyclic) bond motifs is 1. The second-order valence-corrected chi connectivity index (χ2v) is 11.0. The third kappa shape index (κ3) is 6.50. The summed E-state index contributed by atoms with van der Waals surface area (Å²) in [6, 6.07) is 8.95. The summed E-state index contributed by atoms with van der Waals surface area (Å²) in [7, 11) is 3.34. The minimum atomic E-state index is -0.733. The largest absolute Gasteiger partial charge is 0.444 e. The Labute approximate surface area is 227 Å². The van der Waals surface area contributed by atoms with Crippen molar-refractivity contribution in [1.82, 2.24) is 24.0 Å². The highest BCUT2D eigenvalue weighted by Crippen LogP contribution is 2.21. The molecule has 1 aromatic carbocycles. The van der Waals surface area contributed by atoms with E-state index in [9.17, 15) is 19.6 Å². The number of amides is 1. The summed E-state index contributed by atoms with van der Waals surface area (Å²) in [5.74, 6) is 6.24. The lowest BCUT2D eigenvalue weighted by molar-refractivity contribution is 0.0475. The van der Waals surface area contributed by atoms with Gasteiger partial charge in [-0.2, -0.15) is 10.2 Å². The number of rotatable bonds is 7. The Morgan fingerprint density at radius 3 is 2.44 bits per heavy atom. The molecule has 206 valence electrons. The number of aryl methyl sites for hydroxylation is 1. The Balaban J connectivity index is 2.11. The SMILES string of the molecule is CC#CCn1c(N(C)CC(C)(C)NC(=O)OC(C)(C)C)nc2c1c(=O)n(Cc1ccccc1C#N)c(=O)n2C. The van der Waals surface area contributed by atoms with Crippen molar-refractivity contribution in [2.75, 3.05) is 18.5 Å². The van der Waals surface area contributed by atoms with E-state index in [0.29, 0.717) is 23.6 Å². The van der Waals surface area contributed by atoms with Gasteiger partial charge in [0.15, 0.2) is 11.2 Å². The van der Waals surface area contributed by atoms with Gasteiger partial charge in [0.05, 0.1) is 30.3 Å². The number of ether oxygens (including phenoxy) is 1. The van der Waals surface area contributed by atoms with E-state index in [4.69, 9.17) is 4.74 Å². The number of anilines is 1. The lowest BCUT2D eigenvalue weighted by atomic mass is 10.1. The average Bonchev–Trinajstić information content (AvgIpc) is 3.22. The van der Waals surface area contributed by atoms with E-state index in [0.717, 1.165) is 4.57 Å². The molecule has 0 unspecified atom stereocenters. The van der Waals surface area contributed by atoms with Crippen LogP contribution in [-0.4, -0.2) is 49.5 Å². The zero-order valence-electron chi connectivity index (χ0n) is 23.7. The molecule has 3 aromatic rings. The summed E-state index contributed by atoms with van der Waals surface area (Å²) in [5, 5.41) is 12.4. The molecular weight excluding hydrogens is 498 g/mol. The van der Waals surface area contributed by atoms with Crippen molar-refractivity contribution < 1.29 is 9.53 Å². The number of hydrogen-bond donors (Lipinski definition) is 1. The molecule has 1 amide bonds. The fourth-order valence-electron chi connectivity index (χ4n) is 4.32. The first-order valence-corrected chi connectivity index (χ1v) is 12.5. The molecule has 0 saturated carbocycles. The van der Waals surface area contributed by atoms with Crippen LogP contribution < -0.4 is 21.5 Å². The molecule has 3 rings (SSSR count). The van der Waals surface area contributed by atoms with Crippen LogP contribution in [0.1, 0.15) is 52.7 Å². The predicted octanol–water partition coefficient (Wildman–Crippen LogP) is 2.58. The van der Waals surface area contributed by atoms with Crippen molar-refractivity contribution in [3.05, 3.63) is 56.2 Å². The summed E-state index contributed by atoms with van der Waals surface area (Å²) < 4.78 is 9.50. The lowest BCUT2D eigenvalue weighted by Crippen LogP contribution is -2.52. The molecule has 2 heterocycles. The average molecular weight is 534 g/mol. The van der Waals surface area contributed by atoms with Gasteiger partial charge in [-0.05, 0) is 53.2 Å². The molecule has 0 spiro atoms. The van der Waals surface area contributed by atoms with Gasteiger partial charge < -0.3 is 15.0 Å². The second kappa shape index (κ2) is 11.1. The fraction of sp³-hybridized carbons (Fsp3) is 0.464. The van der Waals surface area contributed by atoms with Crippen molar-refractivity contribution in [1.29, 1.82) is 5.26 Å². The molecule has 11 heteroatoms. The van der Waals surface area contributed by atoms with Crippen molar-refractivity contribution >= 4 is 23.2 Å². The molecule has 39 heavy (non-hydrogen) atoms. The van der Waals surface area contributed by atoms with Crippen molar-refractivity contribution in [2.45, 2.75) is 65.8 Å². The van der Waals surface area contributed by atoms with Gasteiger partial charge in [0, 0.05) is 20.6 Å². The molecule has 0 atom stereocenters. The Morgan fingerprint density at radius 2 is 1.82 bits per heavy atom. The van der Waals surface area contributed by atoms with Crippen LogP contribution in [0.15, 0.2) is 33.9 Å². The molecule has 0 fully saturated rings. The number of alkyl carbamates (subject to hydrolysis) is 1. The zero-order chi connectivity index (χ0) is 29.1. The van der Waals surface area contributed by atoms with Crippen LogP contribution >= 0.6 is 0 Å². The van der Waals surface area contributed by atoms with E-state index >= 15 is 0 Å². The number of hydrogen-bond acceptors (Lipinski definition) is 7.